The molecule has 1 aromatic heterocycles. The smallest absolute Gasteiger partial charge is 0.266 e. The molecule has 0 spiro atoms. The van der Waals surface area contributed by atoms with E-state index in [0.29, 0.717) is 11.5 Å². The number of rotatable bonds is 5. The number of carbonyl (C=O) groups is 1. The van der Waals surface area contributed by atoms with Crippen LogP contribution in [0.5, 0.6) is 0 Å². The Morgan fingerprint density at radius 3 is 2.78 bits per heavy atom. The summed E-state index contributed by atoms with van der Waals surface area (Å²) < 4.78 is 5.80. The van der Waals surface area contributed by atoms with Gasteiger partial charge in [-0.2, -0.15) is 0 Å². The average Bonchev–Trinajstić information content (AvgIpc) is 2.88. The first kappa shape index (κ1) is 13.0. The van der Waals surface area contributed by atoms with Crippen molar-refractivity contribution in [3.05, 3.63) is 17.7 Å². The maximum atomic E-state index is 11.1. The number of nitrogens with zero attached hydrogens (tertiary/aromatic N) is 1. The molecule has 0 saturated heterocycles. The molecule has 0 aromatic carbocycles. The summed E-state index contributed by atoms with van der Waals surface area (Å²) in [5.41, 5.74) is 5.00. The molecule has 0 atom stereocenters. The lowest BCUT2D eigenvalue weighted by molar-refractivity contribution is -0.0912. The Balaban J connectivity index is 2.23. The minimum Gasteiger partial charge on any atom is -0.394 e. The quantitative estimate of drug-likeness (QED) is 0.718. The highest BCUT2D eigenvalue weighted by molar-refractivity contribution is 5.90. The Hall–Kier alpha value is -1.40. The fraction of sp³-hybridized carbons (Fsp3) is 0.667. The lowest BCUT2D eigenvalue weighted by atomic mass is 9.84. The summed E-state index contributed by atoms with van der Waals surface area (Å²) >= 11 is 0. The van der Waals surface area contributed by atoms with Crippen LogP contribution in [0.25, 0.3) is 0 Å². The third-order valence-corrected chi connectivity index (χ3v) is 3.40. The molecule has 6 nitrogen and oxygen atoms in total. The van der Waals surface area contributed by atoms with Gasteiger partial charge in [0.1, 0.15) is 17.1 Å². The number of ether oxygens (including phenoxy) is 1. The number of primary amides is 1. The molecule has 2 rings (SSSR count). The zero-order chi connectivity index (χ0) is 13.0. The van der Waals surface area contributed by atoms with Gasteiger partial charge in [0.15, 0.2) is 0 Å². The van der Waals surface area contributed by atoms with Gasteiger partial charge >= 0.3 is 0 Å². The van der Waals surface area contributed by atoms with Crippen molar-refractivity contribution in [1.82, 2.24) is 9.97 Å². The number of hydrogen-bond acceptors (Lipinski definition) is 4. The highest BCUT2D eigenvalue weighted by Crippen LogP contribution is 2.38. The van der Waals surface area contributed by atoms with E-state index in [1.807, 2.05) is 0 Å². The van der Waals surface area contributed by atoms with Gasteiger partial charge in [-0.15, -0.1) is 0 Å². The lowest BCUT2D eigenvalue weighted by Gasteiger charge is -2.35. The average molecular weight is 253 g/mol. The van der Waals surface area contributed by atoms with Crippen LogP contribution in [0.2, 0.25) is 0 Å². The second kappa shape index (κ2) is 5.49. The van der Waals surface area contributed by atoms with E-state index >= 15 is 0 Å². The van der Waals surface area contributed by atoms with E-state index < -0.39 is 11.5 Å². The molecule has 0 unspecified atom stereocenters. The van der Waals surface area contributed by atoms with Gasteiger partial charge in [-0.05, 0) is 12.8 Å². The number of nitrogens with one attached hydrogen (secondary N) is 1. The van der Waals surface area contributed by atoms with E-state index in [1.54, 1.807) is 0 Å². The van der Waals surface area contributed by atoms with E-state index in [-0.39, 0.29) is 13.2 Å². The minimum absolute atomic E-state index is 0.0227. The van der Waals surface area contributed by atoms with Crippen molar-refractivity contribution in [1.29, 1.82) is 0 Å². The van der Waals surface area contributed by atoms with Crippen LogP contribution in [0.15, 0.2) is 6.20 Å². The van der Waals surface area contributed by atoms with Crippen molar-refractivity contribution in [2.24, 2.45) is 5.73 Å². The van der Waals surface area contributed by atoms with Gasteiger partial charge in [0.05, 0.1) is 19.4 Å². The van der Waals surface area contributed by atoms with E-state index in [2.05, 4.69) is 9.97 Å². The molecule has 1 saturated carbocycles. The monoisotopic (exact) mass is 253 g/mol. The SMILES string of the molecule is NC(=O)c1cnc(C2(OCCO)CCCCC2)[nH]1. The van der Waals surface area contributed by atoms with Gasteiger partial charge < -0.3 is 20.6 Å². The predicted octanol–water partition coefficient (Wildman–Crippen LogP) is 0.677. The fourth-order valence-corrected chi connectivity index (χ4v) is 2.49. The molecule has 1 heterocycles. The first-order valence-electron chi connectivity index (χ1n) is 6.28. The maximum absolute atomic E-state index is 11.1. The number of hydrogen-bond donors (Lipinski definition) is 3. The van der Waals surface area contributed by atoms with E-state index in [9.17, 15) is 4.79 Å². The van der Waals surface area contributed by atoms with Crippen molar-refractivity contribution >= 4 is 5.91 Å². The Morgan fingerprint density at radius 2 is 2.22 bits per heavy atom. The number of H-pyrrole nitrogens is 1. The third-order valence-electron chi connectivity index (χ3n) is 3.40. The minimum atomic E-state index is -0.526. The highest BCUT2D eigenvalue weighted by atomic mass is 16.5. The van der Waals surface area contributed by atoms with Crippen LogP contribution >= 0.6 is 0 Å². The van der Waals surface area contributed by atoms with Crippen LogP contribution in [-0.2, 0) is 10.3 Å². The molecule has 6 heteroatoms. The summed E-state index contributed by atoms with van der Waals surface area (Å²) in [6, 6.07) is 0. The normalized spacial score (nSPS) is 18.7. The lowest BCUT2D eigenvalue weighted by Crippen LogP contribution is -2.34. The number of imidazole rings is 1. The second-order valence-electron chi connectivity index (χ2n) is 4.64. The number of nitrogens with two attached hydrogens (primary N) is 1. The van der Waals surface area contributed by atoms with E-state index in [4.69, 9.17) is 15.6 Å². The molecule has 0 bridgehead atoms. The predicted molar refractivity (Wildman–Crippen MR) is 64.9 cm³/mol. The molecular weight excluding hydrogens is 234 g/mol. The van der Waals surface area contributed by atoms with Crippen molar-refractivity contribution in [3.63, 3.8) is 0 Å². The first-order chi connectivity index (χ1) is 8.68. The van der Waals surface area contributed by atoms with Gasteiger partial charge in [0.25, 0.3) is 5.91 Å². The molecule has 0 radical (unpaired) electrons. The molecule has 4 N–H and O–H groups in total. The number of aromatic nitrogens is 2. The fourth-order valence-electron chi connectivity index (χ4n) is 2.49. The number of aromatic amines is 1. The zero-order valence-corrected chi connectivity index (χ0v) is 10.3. The number of amides is 1. The van der Waals surface area contributed by atoms with Gasteiger partial charge in [0.2, 0.25) is 0 Å². The molecule has 1 aliphatic rings. The second-order valence-corrected chi connectivity index (χ2v) is 4.64. The van der Waals surface area contributed by atoms with Crippen molar-refractivity contribution < 1.29 is 14.6 Å². The summed E-state index contributed by atoms with van der Waals surface area (Å²) in [5.74, 6) is 0.117. The summed E-state index contributed by atoms with van der Waals surface area (Å²) in [7, 11) is 0. The molecule has 18 heavy (non-hydrogen) atoms. The Kier molecular flexibility index (Phi) is 3.98. The van der Waals surface area contributed by atoms with Gasteiger partial charge in [-0.1, -0.05) is 19.3 Å². The van der Waals surface area contributed by atoms with Crippen LogP contribution in [0, 0.1) is 0 Å². The van der Waals surface area contributed by atoms with Crippen LogP contribution in [-0.4, -0.2) is 34.2 Å². The summed E-state index contributed by atoms with van der Waals surface area (Å²) in [6.07, 6.45) is 6.41. The van der Waals surface area contributed by atoms with Crippen molar-refractivity contribution in [2.45, 2.75) is 37.7 Å². The molecule has 1 fully saturated rings. The topological polar surface area (TPSA) is 101 Å². The largest absolute Gasteiger partial charge is 0.394 e. The van der Waals surface area contributed by atoms with Gasteiger partial charge in [-0.3, -0.25) is 4.79 Å². The van der Waals surface area contributed by atoms with Crippen molar-refractivity contribution in [2.75, 3.05) is 13.2 Å². The Bertz CT molecular complexity index is 410. The van der Waals surface area contributed by atoms with Crippen LogP contribution in [0.3, 0.4) is 0 Å². The number of aliphatic hydroxyl groups excluding tert-OH is 1. The van der Waals surface area contributed by atoms with Crippen molar-refractivity contribution in [3.8, 4) is 0 Å². The van der Waals surface area contributed by atoms with Crippen LogP contribution < -0.4 is 5.73 Å². The summed E-state index contributed by atoms with van der Waals surface area (Å²) in [5, 5.41) is 8.92. The molecular formula is C12H19N3O3. The Labute approximate surface area is 106 Å². The first-order valence-corrected chi connectivity index (χ1v) is 6.28. The molecule has 0 aliphatic heterocycles. The Morgan fingerprint density at radius 1 is 1.50 bits per heavy atom. The van der Waals surface area contributed by atoms with Gasteiger partial charge in [-0.25, -0.2) is 4.98 Å². The maximum Gasteiger partial charge on any atom is 0.266 e. The molecule has 1 aromatic rings. The molecule has 1 aliphatic carbocycles. The van der Waals surface area contributed by atoms with Gasteiger partial charge in [0, 0.05) is 0 Å². The summed E-state index contributed by atoms with van der Waals surface area (Å²) in [6.45, 7) is 0.248. The number of carbonyl (C=O) groups excluding carboxylic acids is 1. The molecule has 1 amide bonds. The van der Waals surface area contributed by atoms with E-state index in [0.717, 1.165) is 25.7 Å². The third kappa shape index (κ3) is 2.54. The van der Waals surface area contributed by atoms with Crippen LogP contribution in [0.1, 0.15) is 48.4 Å². The van der Waals surface area contributed by atoms with E-state index in [1.165, 1.54) is 12.6 Å². The highest BCUT2D eigenvalue weighted by Gasteiger charge is 2.37. The number of aliphatic hydroxyl groups is 1. The summed E-state index contributed by atoms with van der Waals surface area (Å²) in [4.78, 5) is 18.2. The zero-order valence-electron chi connectivity index (χ0n) is 10.3. The van der Waals surface area contributed by atoms with Crippen LogP contribution in [0.4, 0.5) is 0 Å². The molecule has 100 valence electrons. The standard InChI is InChI=1S/C12H19N3O3/c13-10(17)9-8-14-11(15-9)12(18-7-6-16)4-2-1-3-5-12/h8,16H,1-7H2,(H2,13,17)(H,14,15).